The first-order valence-corrected chi connectivity index (χ1v) is 23.1. The zero-order valence-electron chi connectivity index (χ0n) is 33.8. The number of hydrogen-bond donors (Lipinski definition) is 4. The van der Waals surface area contributed by atoms with Crippen LogP contribution in [0.2, 0.25) is 0 Å². The molecule has 0 aliphatic heterocycles. The average molecular weight is 755 g/mol. The predicted molar refractivity (Wildman–Crippen MR) is 221 cm³/mol. The summed E-state index contributed by atoms with van der Waals surface area (Å²) in [4.78, 5) is 22.7. The van der Waals surface area contributed by atoms with E-state index in [1.165, 1.54) is 135 Å². The molecule has 0 heterocycles. The summed E-state index contributed by atoms with van der Waals surface area (Å²) in [6, 6.07) is -0.861. The van der Waals surface area contributed by atoms with Crippen molar-refractivity contribution in [3.05, 3.63) is 36.5 Å². The largest absolute Gasteiger partial charge is 0.472 e. The van der Waals surface area contributed by atoms with Gasteiger partial charge in [-0.3, -0.25) is 13.8 Å². The van der Waals surface area contributed by atoms with E-state index < -0.39 is 20.0 Å². The summed E-state index contributed by atoms with van der Waals surface area (Å²) < 4.78 is 22.1. The molecule has 0 aromatic carbocycles. The Kier molecular flexibility index (Phi) is 38.4. The highest BCUT2D eigenvalue weighted by Gasteiger charge is 2.26. The van der Waals surface area contributed by atoms with Crippen LogP contribution < -0.4 is 11.1 Å². The first-order chi connectivity index (χ1) is 25.4. The van der Waals surface area contributed by atoms with E-state index in [0.29, 0.717) is 6.42 Å². The van der Waals surface area contributed by atoms with Crippen molar-refractivity contribution in [3.63, 3.8) is 0 Å². The van der Waals surface area contributed by atoms with Crippen LogP contribution in [0, 0.1) is 0 Å². The average Bonchev–Trinajstić information content (AvgIpc) is 3.13. The van der Waals surface area contributed by atoms with Gasteiger partial charge in [0.2, 0.25) is 5.91 Å². The van der Waals surface area contributed by atoms with Crippen molar-refractivity contribution in [1.29, 1.82) is 0 Å². The summed E-state index contributed by atoms with van der Waals surface area (Å²) in [5.74, 6) is -0.200. The number of amides is 1. The molecule has 0 saturated carbocycles. The molecule has 3 atom stereocenters. The van der Waals surface area contributed by atoms with Crippen LogP contribution in [0.1, 0.15) is 200 Å². The van der Waals surface area contributed by atoms with Gasteiger partial charge in [-0.2, -0.15) is 0 Å². The van der Waals surface area contributed by atoms with Crippen LogP contribution in [0.15, 0.2) is 36.5 Å². The lowest BCUT2D eigenvalue weighted by Crippen LogP contribution is -2.45. The Bertz CT molecular complexity index is 912. The van der Waals surface area contributed by atoms with Gasteiger partial charge in [-0.15, -0.1) is 0 Å². The van der Waals surface area contributed by atoms with Crippen LogP contribution in [0.5, 0.6) is 0 Å². The van der Waals surface area contributed by atoms with Gasteiger partial charge < -0.3 is 21.1 Å². The molecule has 0 saturated heterocycles. The predicted octanol–water partition coefficient (Wildman–Crippen LogP) is 11.9. The van der Waals surface area contributed by atoms with Crippen LogP contribution in [-0.4, -0.2) is 47.8 Å². The molecule has 5 N–H and O–H groups in total. The Hall–Kier alpha value is -1.28. The molecule has 8 nitrogen and oxygen atoms in total. The second kappa shape index (κ2) is 39.4. The molecule has 3 unspecified atom stereocenters. The first-order valence-electron chi connectivity index (χ1n) is 21.6. The molecule has 0 spiro atoms. The molecular weight excluding hydrogens is 671 g/mol. The number of phosphoric acid groups is 1. The standard InChI is InChI=1S/C43H83N2O6P/c1-3-5-7-9-11-13-15-17-18-19-20-21-22-23-24-25-27-29-31-33-35-37-43(47)45-41(40-51-52(48,49)50-39-38-44)42(46)36-34-32-30-28-26-16-14-12-10-8-6-4-2/h15,17,19-20,34,36,41-42,46H,3-14,16,18,21-33,35,37-40,44H2,1-2H3,(H,45,47)(H,48,49)/b17-15-,20-19-,36-34+. The number of carbonyl (C=O) groups is 1. The minimum absolute atomic E-state index is 0.0774. The van der Waals surface area contributed by atoms with E-state index in [-0.39, 0.29) is 25.7 Å². The topological polar surface area (TPSA) is 131 Å². The minimum atomic E-state index is -4.34. The molecule has 0 bridgehead atoms. The Morgan fingerprint density at radius 3 is 1.52 bits per heavy atom. The maximum absolute atomic E-state index is 12.7. The van der Waals surface area contributed by atoms with Crippen LogP contribution in [-0.2, 0) is 18.4 Å². The lowest BCUT2D eigenvalue weighted by atomic mass is 10.0. The highest BCUT2D eigenvalue weighted by Crippen LogP contribution is 2.43. The van der Waals surface area contributed by atoms with Crippen molar-refractivity contribution < 1.29 is 28.4 Å². The van der Waals surface area contributed by atoms with E-state index >= 15 is 0 Å². The van der Waals surface area contributed by atoms with E-state index in [1.54, 1.807) is 6.08 Å². The fourth-order valence-electron chi connectivity index (χ4n) is 6.16. The van der Waals surface area contributed by atoms with Gasteiger partial charge in [0.1, 0.15) is 0 Å². The van der Waals surface area contributed by atoms with E-state index in [0.717, 1.165) is 44.9 Å². The summed E-state index contributed by atoms with van der Waals surface area (Å²) in [5, 5.41) is 13.6. The lowest BCUT2D eigenvalue weighted by molar-refractivity contribution is -0.123. The molecule has 0 aromatic rings. The summed E-state index contributed by atoms with van der Waals surface area (Å²) in [7, 11) is -4.34. The molecule has 0 aliphatic rings. The summed E-state index contributed by atoms with van der Waals surface area (Å²) in [6.07, 6.45) is 46.2. The zero-order valence-corrected chi connectivity index (χ0v) is 34.7. The number of hydrogen-bond acceptors (Lipinski definition) is 6. The van der Waals surface area contributed by atoms with Crippen molar-refractivity contribution in [2.24, 2.45) is 5.73 Å². The van der Waals surface area contributed by atoms with Crippen molar-refractivity contribution in [2.45, 2.75) is 212 Å². The molecule has 1 amide bonds. The van der Waals surface area contributed by atoms with Gasteiger partial charge >= 0.3 is 7.82 Å². The molecular formula is C43H83N2O6P. The number of aliphatic hydroxyl groups excluding tert-OH is 1. The van der Waals surface area contributed by atoms with Gasteiger partial charge in [-0.1, -0.05) is 179 Å². The maximum Gasteiger partial charge on any atom is 0.472 e. The van der Waals surface area contributed by atoms with Crippen molar-refractivity contribution in [1.82, 2.24) is 5.32 Å². The molecule has 306 valence electrons. The summed E-state index contributed by atoms with van der Waals surface area (Å²) in [5.41, 5.74) is 5.37. The minimum Gasteiger partial charge on any atom is -0.387 e. The molecule has 52 heavy (non-hydrogen) atoms. The van der Waals surface area contributed by atoms with E-state index in [4.69, 9.17) is 14.8 Å². The number of allylic oxidation sites excluding steroid dienone is 5. The third-order valence-electron chi connectivity index (χ3n) is 9.46. The summed E-state index contributed by atoms with van der Waals surface area (Å²) >= 11 is 0. The Balaban J connectivity index is 4.16. The van der Waals surface area contributed by atoms with Crippen molar-refractivity contribution in [3.8, 4) is 0 Å². The maximum atomic E-state index is 12.7. The van der Waals surface area contributed by atoms with E-state index in [1.807, 2.05) is 6.08 Å². The fraction of sp³-hybridized carbons (Fsp3) is 0.837. The highest BCUT2D eigenvalue weighted by atomic mass is 31.2. The monoisotopic (exact) mass is 755 g/mol. The third-order valence-corrected chi connectivity index (χ3v) is 10.4. The molecule has 0 aromatic heterocycles. The smallest absolute Gasteiger partial charge is 0.387 e. The van der Waals surface area contributed by atoms with E-state index in [9.17, 15) is 19.4 Å². The molecule has 0 rings (SSSR count). The van der Waals surface area contributed by atoms with Gasteiger partial charge in [0.25, 0.3) is 0 Å². The second-order valence-electron chi connectivity index (χ2n) is 14.6. The van der Waals surface area contributed by atoms with Crippen LogP contribution in [0.4, 0.5) is 0 Å². The zero-order chi connectivity index (χ0) is 38.2. The Morgan fingerprint density at radius 1 is 0.635 bits per heavy atom. The highest BCUT2D eigenvalue weighted by molar-refractivity contribution is 7.47. The van der Waals surface area contributed by atoms with Gasteiger partial charge in [0, 0.05) is 13.0 Å². The number of nitrogens with two attached hydrogens (primary N) is 1. The molecule has 9 heteroatoms. The molecule has 0 aliphatic carbocycles. The first kappa shape index (κ1) is 50.7. The van der Waals surface area contributed by atoms with Crippen molar-refractivity contribution in [2.75, 3.05) is 19.8 Å². The molecule has 0 fully saturated rings. The SMILES string of the molecule is CCCCCCC/C=C\C/C=C\CCCCCCCCCCCC(=O)NC(COP(=O)(O)OCCN)C(O)/C=C/CCCCCCCCCCCC. The van der Waals surface area contributed by atoms with Gasteiger partial charge in [-0.05, 0) is 51.4 Å². The Labute approximate surface area is 320 Å². The Morgan fingerprint density at radius 2 is 1.06 bits per heavy atom. The fourth-order valence-corrected chi connectivity index (χ4v) is 6.92. The second-order valence-corrected chi connectivity index (χ2v) is 16.0. The number of carbonyl (C=O) groups excluding carboxylic acids is 1. The quantitative estimate of drug-likeness (QED) is 0.0278. The normalized spacial score (nSPS) is 14.5. The number of unbranched alkanes of at least 4 members (excludes halogenated alkanes) is 24. The number of nitrogens with one attached hydrogen (secondary N) is 1. The lowest BCUT2D eigenvalue weighted by Gasteiger charge is -2.23. The number of phosphoric ester groups is 1. The van der Waals surface area contributed by atoms with Crippen molar-refractivity contribution >= 4 is 13.7 Å². The third kappa shape index (κ3) is 37.1. The van der Waals surface area contributed by atoms with Crippen LogP contribution in [0.3, 0.4) is 0 Å². The van der Waals surface area contributed by atoms with Crippen LogP contribution >= 0.6 is 7.82 Å². The van der Waals surface area contributed by atoms with Crippen LogP contribution in [0.25, 0.3) is 0 Å². The summed E-state index contributed by atoms with van der Waals surface area (Å²) in [6.45, 7) is 4.11. The van der Waals surface area contributed by atoms with Gasteiger partial charge in [0.05, 0.1) is 25.4 Å². The number of rotatable bonds is 40. The molecule has 0 radical (unpaired) electrons. The van der Waals surface area contributed by atoms with E-state index in [2.05, 4.69) is 43.5 Å². The van der Waals surface area contributed by atoms with Gasteiger partial charge in [0.15, 0.2) is 0 Å². The number of aliphatic hydroxyl groups is 1. The van der Waals surface area contributed by atoms with Gasteiger partial charge in [-0.25, -0.2) is 4.57 Å².